The average molecular weight is 343 g/mol. The van der Waals surface area contributed by atoms with Gasteiger partial charge in [0.25, 0.3) is 0 Å². The van der Waals surface area contributed by atoms with Crippen LogP contribution in [0.2, 0.25) is 0 Å². The van der Waals surface area contributed by atoms with Gasteiger partial charge in [-0.1, -0.05) is 43.3 Å². The minimum atomic E-state index is -0.822. The third kappa shape index (κ3) is 4.73. The Morgan fingerprint density at radius 1 is 1.04 bits per heavy atom. The summed E-state index contributed by atoms with van der Waals surface area (Å²) in [5.41, 5.74) is 1.63. The SMILES string of the molecule is CC[C@@H](C(=O)NC[C@H](O)c1ccc(OC)c(OC)c1)c1ccccc1. The molecule has 2 aromatic rings. The average Bonchev–Trinajstić information content (AvgIpc) is 2.66. The largest absolute Gasteiger partial charge is 0.493 e. The summed E-state index contributed by atoms with van der Waals surface area (Å²) in [6.07, 6.45) is -0.125. The molecule has 0 fully saturated rings. The van der Waals surface area contributed by atoms with E-state index in [2.05, 4.69) is 5.32 Å². The molecule has 1 amide bonds. The van der Waals surface area contributed by atoms with Crippen molar-refractivity contribution in [1.29, 1.82) is 0 Å². The summed E-state index contributed by atoms with van der Waals surface area (Å²) in [6.45, 7) is 2.11. The summed E-state index contributed by atoms with van der Waals surface area (Å²) in [5.74, 6) is 0.825. The van der Waals surface area contributed by atoms with E-state index in [1.54, 1.807) is 32.4 Å². The van der Waals surface area contributed by atoms with Crippen LogP contribution in [0.15, 0.2) is 48.5 Å². The second-order valence-corrected chi connectivity index (χ2v) is 5.75. The van der Waals surface area contributed by atoms with Crippen molar-refractivity contribution in [3.63, 3.8) is 0 Å². The van der Waals surface area contributed by atoms with E-state index in [1.165, 1.54) is 0 Å². The standard InChI is InChI=1S/C20H25NO4/c1-4-16(14-8-6-5-7-9-14)20(23)21-13-17(22)15-10-11-18(24-2)19(12-15)25-3/h5-12,16-17,22H,4,13H2,1-3H3,(H,21,23)/t16-,17+/m1/s1. The lowest BCUT2D eigenvalue weighted by Crippen LogP contribution is -2.32. The first-order chi connectivity index (χ1) is 12.1. The quantitative estimate of drug-likeness (QED) is 0.773. The van der Waals surface area contributed by atoms with Crippen molar-refractivity contribution in [3.05, 3.63) is 59.7 Å². The van der Waals surface area contributed by atoms with Crippen LogP contribution in [0, 0.1) is 0 Å². The van der Waals surface area contributed by atoms with Gasteiger partial charge in [-0.25, -0.2) is 0 Å². The molecule has 25 heavy (non-hydrogen) atoms. The molecule has 0 aliphatic rings. The molecule has 134 valence electrons. The van der Waals surface area contributed by atoms with Crippen LogP contribution in [0.1, 0.15) is 36.5 Å². The molecule has 0 bridgehead atoms. The van der Waals surface area contributed by atoms with E-state index in [9.17, 15) is 9.90 Å². The highest BCUT2D eigenvalue weighted by Gasteiger charge is 2.20. The molecule has 2 atom stereocenters. The van der Waals surface area contributed by atoms with Crippen molar-refractivity contribution in [2.45, 2.75) is 25.4 Å². The molecule has 0 spiro atoms. The number of carbonyl (C=O) groups is 1. The molecular formula is C20H25NO4. The molecule has 0 aromatic heterocycles. The maximum atomic E-state index is 12.5. The van der Waals surface area contributed by atoms with Crippen molar-refractivity contribution < 1.29 is 19.4 Å². The molecule has 0 saturated heterocycles. The number of hydrogen-bond donors (Lipinski definition) is 2. The fourth-order valence-corrected chi connectivity index (χ4v) is 2.76. The van der Waals surface area contributed by atoms with Crippen molar-refractivity contribution >= 4 is 5.91 Å². The second kappa shape index (κ2) is 9.08. The lowest BCUT2D eigenvalue weighted by atomic mass is 9.95. The summed E-state index contributed by atoms with van der Waals surface area (Å²) >= 11 is 0. The van der Waals surface area contributed by atoms with Crippen LogP contribution < -0.4 is 14.8 Å². The van der Waals surface area contributed by atoms with Crippen molar-refractivity contribution in [1.82, 2.24) is 5.32 Å². The number of hydrogen-bond acceptors (Lipinski definition) is 4. The molecule has 2 rings (SSSR count). The Bertz CT molecular complexity index is 687. The number of carbonyl (C=O) groups excluding carboxylic acids is 1. The smallest absolute Gasteiger partial charge is 0.227 e. The maximum Gasteiger partial charge on any atom is 0.227 e. The van der Waals surface area contributed by atoms with Crippen molar-refractivity contribution in [2.24, 2.45) is 0 Å². The van der Waals surface area contributed by atoms with Crippen LogP contribution in [-0.4, -0.2) is 31.8 Å². The topological polar surface area (TPSA) is 67.8 Å². The number of amides is 1. The first kappa shape index (κ1) is 18.8. The fourth-order valence-electron chi connectivity index (χ4n) is 2.76. The Kier molecular flexibility index (Phi) is 6.83. The zero-order valence-electron chi connectivity index (χ0n) is 14.9. The van der Waals surface area contributed by atoms with Gasteiger partial charge in [0.05, 0.1) is 26.2 Å². The Labute approximate surface area is 148 Å². The molecule has 0 saturated carbocycles. The van der Waals surface area contributed by atoms with Crippen LogP contribution in [0.4, 0.5) is 0 Å². The summed E-state index contributed by atoms with van der Waals surface area (Å²) in [5, 5.41) is 13.2. The van der Waals surface area contributed by atoms with Crippen molar-refractivity contribution in [2.75, 3.05) is 20.8 Å². The molecule has 0 unspecified atom stereocenters. The lowest BCUT2D eigenvalue weighted by Gasteiger charge is -2.18. The van der Waals surface area contributed by atoms with Gasteiger partial charge >= 0.3 is 0 Å². The number of aliphatic hydroxyl groups is 1. The van der Waals surface area contributed by atoms with Gasteiger partial charge < -0.3 is 19.9 Å². The van der Waals surface area contributed by atoms with Crippen molar-refractivity contribution in [3.8, 4) is 11.5 Å². The highest BCUT2D eigenvalue weighted by molar-refractivity contribution is 5.83. The van der Waals surface area contributed by atoms with Gasteiger partial charge in [0.2, 0.25) is 5.91 Å². The molecule has 0 radical (unpaired) electrons. The van der Waals surface area contributed by atoms with Gasteiger partial charge in [0.15, 0.2) is 11.5 Å². The Morgan fingerprint density at radius 2 is 1.72 bits per heavy atom. The van der Waals surface area contributed by atoms with Gasteiger partial charge in [-0.3, -0.25) is 4.79 Å². The van der Waals surface area contributed by atoms with Crippen LogP contribution in [0.25, 0.3) is 0 Å². The maximum absolute atomic E-state index is 12.5. The third-order valence-electron chi connectivity index (χ3n) is 4.19. The predicted molar refractivity (Wildman–Crippen MR) is 97.0 cm³/mol. The molecule has 0 aliphatic carbocycles. The van der Waals surface area contributed by atoms with E-state index in [0.29, 0.717) is 23.5 Å². The third-order valence-corrected chi connectivity index (χ3v) is 4.19. The first-order valence-electron chi connectivity index (χ1n) is 8.33. The fraction of sp³-hybridized carbons (Fsp3) is 0.350. The normalized spacial score (nSPS) is 13.0. The Hall–Kier alpha value is -2.53. The van der Waals surface area contributed by atoms with Crippen LogP contribution in [-0.2, 0) is 4.79 Å². The number of nitrogens with one attached hydrogen (secondary N) is 1. The number of methoxy groups -OCH3 is 2. The molecule has 5 heteroatoms. The zero-order valence-corrected chi connectivity index (χ0v) is 14.9. The van der Waals surface area contributed by atoms with E-state index in [0.717, 1.165) is 5.56 Å². The zero-order chi connectivity index (χ0) is 18.2. The van der Waals surface area contributed by atoms with Gasteiger partial charge in [-0.15, -0.1) is 0 Å². The minimum Gasteiger partial charge on any atom is -0.493 e. The number of ether oxygens (including phenoxy) is 2. The second-order valence-electron chi connectivity index (χ2n) is 5.75. The first-order valence-corrected chi connectivity index (χ1v) is 8.33. The van der Waals surface area contributed by atoms with Crippen LogP contribution in [0.3, 0.4) is 0 Å². The minimum absolute atomic E-state index is 0.0896. The molecule has 2 N–H and O–H groups in total. The van der Waals surface area contributed by atoms with Crippen LogP contribution >= 0.6 is 0 Å². The molecule has 0 aliphatic heterocycles. The highest BCUT2D eigenvalue weighted by Crippen LogP contribution is 2.30. The van der Waals surface area contributed by atoms with Gasteiger partial charge in [0, 0.05) is 6.54 Å². The Balaban J connectivity index is 2.01. The molecule has 2 aromatic carbocycles. The lowest BCUT2D eigenvalue weighted by molar-refractivity contribution is -0.123. The van der Waals surface area contributed by atoms with Gasteiger partial charge in [-0.05, 0) is 29.7 Å². The predicted octanol–water partition coefficient (Wildman–Crippen LogP) is 3.05. The van der Waals surface area contributed by atoms with E-state index in [1.807, 2.05) is 37.3 Å². The van der Waals surface area contributed by atoms with Crippen LogP contribution in [0.5, 0.6) is 11.5 Å². The summed E-state index contributed by atoms with van der Waals surface area (Å²) in [7, 11) is 3.10. The monoisotopic (exact) mass is 343 g/mol. The highest BCUT2D eigenvalue weighted by atomic mass is 16.5. The molecule has 5 nitrogen and oxygen atoms in total. The van der Waals surface area contributed by atoms with Gasteiger partial charge in [0.1, 0.15) is 0 Å². The number of benzene rings is 2. The summed E-state index contributed by atoms with van der Waals surface area (Å²) in [6, 6.07) is 14.9. The van der Waals surface area contributed by atoms with Gasteiger partial charge in [-0.2, -0.15) is 0 Å². The summed E-state index contributed by atoms with van der Waals surface area (Å²) < 4.78 is 10.4. The summed E-state index contributed by atoms with van der Waals surface area (Å²) in [4.78, 5) is 12.5. The number of rotatable bonds is 8. The molecule has 0 heterocycles. The Morgan fingerprint density at radius 3 is 2.32 bits per heavy atom. The van der Waals surface area contributed by atoms with E-state index in [4.69, 9.17) is 9.47 Å². The van der Waals surface area contributed by atoms with E-state index in [-0.39, 0.29) is 18.4 Å². The van der Waals surface area contributed by atoms with E-state index >= 15 is 0 Å². The molecular weight excluding hydrogens is 318 g/mol. The number of aliphatic hydroxyl groups excluding tert-OH is 1. The van der Waals surface area contributed by atoms with E-state index < -0.39 is 6.10 Å².